The van der Waals surface area contributed by atoms with Gasteiger partial charge in [0.25, 0.3) is 0 Å². The summed E-state index contributed by atoms with van der Waals surface area (Å²) in [5.41, 5.74) is 8.54. The zero-order chi connectivity index (χ0) is 27.2. The highest BCUT2D eigenvalue weighted by Gasteiger charge is 2.29. The molecule has 0 radical (unpaired) electrons. The number of amides is 3. The van der Waals surface area contributed by atoms with Crippen molar-refractivity contribution in [3.05, 3.63) is 72.1 Å². The molecule has 3 amide bonds. The normalized spacial score (nSPS) is 13.5. The third-order valence-corrected chi connectivity index (χ3v) is 6.40. The van der Waals surface area contributed by atoms with Crippen molar-refractivity contribution in [2.45, 2.75) is 37.9 Å². The van der Waals surface area contributed by atoms with Gasteiger partial charge in [-0.1, -0.05) is 36.4 Å². The Labute approximate surface area is 218 Å². The molecular weight excluding hydrogens is 488 g/mol. The molecule has 4 aromatic rings. The monoisotopic (exact) mass is 518 g/mol. The molecule has 11 heteroatoms. The van der Waals surface area contributed by atoms with Gasteiger partial charge in [-0.25, -0.2) is 4.79 Å². The average Bonchev–Trinajstić information content (AvgIpc) is 3.51. The minimum absolute atomic E-state index is 0.0435. The summed E-state index contributed by atoms with van der Waals surface area (Å²) < 4.78 is 0. The molecule has 0 fully saturated rings. The van der Waals surface area contributed by atoms with E-state index in [1.54, 1.807) is 12.4 Å². The smallest absolute Gasteiger partial charge is 0.326 e. The van der Waals surface area contributed by atoms with Gasteiger partial charge in [0.1, 0.15) is 18.1 Å². The Bertz CT molecular complexity index is 1470. The fraction of sp³-hybridized carbons (Fsp3) is 0.259. The van der Waals surface area contributed by atoms with E-state index in [1.807, 2.05) is 48.5 Å². The summed E-state index contributed by atoms with van der Waals surface area (Å²) in [6, 6.07) is 11.7. The Morgan fingerprint density at radius 1 is 0.789 bits per heavy atom. The molecule has 0 saturated heterocycles. The molecule has 0 bridgehead atoms. The van der Waals surface area contributed by atoms with Crippen molar-refractivity contribution in [3.63, 3.8) is 0 Å². The minimum Gasteiger partial charge on any atom is -0.480 e. The Morgan fingerprint density at radius 2 is 1.29 bits per heavy atom. The number of nitrogens with one attached hydrogen (secondary N) is 5. The predicted molar refractivity (Wildman–Crippen MR) is 142 cm³/mol. The standard InChI is InChI=1S/C27H30N6O5/c1-15(31-24(34)12-28)25(35)32-22(10-16-13-29-20-8-4-2-6-18(16)20)26(36)33-23(27(37)38)11-17-14-30-21-9-5-3-7-19(17)21/h2-9,13-15,22-23,29-30H,10-12,28H2,1H3,(H,31,34)(H,32,35)(H,33,36)(H,37,38). The zero-order valence-electron chi connectivity index (χ0n) is 20.8. The molecule has 3 unspecified atom stereocenters. The van der Waals surface area contributed by atoms with Gasteiger partial charge in [-0.3, -0.25) is 14.4 Å². The third-order valence-electron chi connectivity index (χ3n) is 6.40. The number of benzene rings is 2. The second kappa shape index (κ2) is 11.6. The molecule has 0 aliphatic heterocycles. The Balaban J connectivity index is 1.56. The van der Waals surface area contributed by atoms with Crippen LogP contribution in [0.1, 0.15) is 18.1 Å². The van der Waals surface area contributed by atoms with Crippen LogP contribution in [0.25, 0.3) is 21.8 Å². The molecule has 2 aromatic carbocycles. The lowest BCUT2D eigenvalue weighted by atomic mass is 10.0. The lowest BCUT2D eigenvalue weighted by Gasteiger charge is -2.23. The van der Waals surface area contributed by atoms with E-state index in [9.17, 15) is 24.3 Å². The van der Waals surface area contributed by atoms with Crippen molar-refractivity contribution in [1.82, 2.24) is 25.9 Å². The van der Waals surface area contributed by atoms with Gasteiger partial charge < -0.3 is 36.8 Å². The van der Waals surface area contributed by atoms with Crippen molar-refractivity contribution in [2.75, 3.05) is 6.54 Å². The van der Waals surface area contributed by atoms with Gasteiger partial charge in [0.15, 0.2) is 0 Å². The highest BCUT2D eigenvalue weighted by atomic mass is 16.4. The number of para-hydroxylation sites is 2. The first-order chi connectivity index (χ1) is 18.3. The number of rotatable bonds is 11. The molecular formula is C27H30N6O5. The lowest BCUT2D eigenvalue weighted by molar-refractivity contribution is -0.142. The van der Waals surface area contributed by atoms with Crippen LogP contribution < -0.4 is 21.7 Å². The van der Waals surface area contributed by atoms with E-state index < -0.39 is 41.8 Å². The fourth-order valence-electron chi connectivity index (χ4n) is 4.39. The van der Waals surface area contributed by atoms with Crippen molar-refractivity contribution in [3.8, 4) is 0 Å². The first-order valence-electron chi connectivity index (χ1n) is 12.2. The maximum Gasteiger partial charge on any atom is 0.326 e. The number of aliphatic carboxylic acids is 1. The SMILES string of the molecule is CC(NC(=O)CN)C(=O)NC(Cc1c[nH]c2ccccc12)C(=O)NC(Cc1c[nH]c2ccccc12)C(=O)O. The number of carbonyl (C=O) groups excluding carboxylic acids is 3. The summed E-state index contributed by atoms with van der Waals surface area (Å²) in [5.74, 6) is -2.98. The van der Waals surface area contributed by atoms with Gasteiger partial charge in [0.05, 0.1) is 6.54 Å². The minimum atomic E-state index is -1.24. The van der Waals surface area contributed by atoms with Gasteiger partial charge in [-0.2, -0.15) is 0 Å². The third kappa shape index (κ3) is 6.01. The molecule has 2 heterocycles. The molecule has 3 atom stereocenters. The zero-order valence-corrected chi connectivity index (χ0v) is 20.8. The number of carboxylic acids is 1. The van der Waals surface area contributed by atoms with E-state index in [-0.39, 0.29) is 19.4 Å². The van der Waals surface area contributed by atoms with Gasteiger partial charge in [-0.15, -0.1) is 0 Å². The molecule has 0 aliphatic carbocycles. The van der Waals surface area contributed by atoms with E-state index in [0.717, 1.165) is 32.9 Å². The van der Waals surface area contributed by atoms with Crippen LogP contribution in [-0.2, 0) is 32.0 Å². The average molecular weight is 519 g/mol. The van der Waals surface area contributed by atoms with Crippen LogP contribution in [0.5, 0.6) is 0 Å². The summed E-state index contributed by atoms with van der Waals surface area (Å²) in [4.78, 5) is 56.3. The summed E-state index contributed by atoms with van der Waals surface area (Å²) in [7, 11) is 0. The van der Waals surface area contributed by atoms with Crippen LogP contribution in [0.15, 0.2) is 60.9 Å². The number of aromatic nitrogens is 2. The Hall–Kier alpha value is -4.64. The van der Waals surface area contributed by atoms with Crippen LogP contribution in [0.4, 0.5) is 0 Å². The van der Waals surface area contributed by atoms with Gasteiger partial charge in [0, 0.05) is 47.0 Å². The molecule has 0 aliphatic rings. The molecule has 198 valence electrons. The lowest BCUT2D eigenvalue weighted by Crippen LogP contribution is -2.56. The van der Waals surface area contributed by atoms with Gasteiger partial charge >= 0.3 is 5.97 Å². The van der Waals surface area contributed by atoms with Crippen LogP contribution in [0, 0.1) is 0 Å². The number of H-pyrrole nitrogens is 2. The van der Waals surface area contributed by atoms with E-state index in [4.69, 9.17) is 5.73 Å². The molecule has 8 N–H and O–H groups in total. The largest absolute Gasteiger partial charge is 0.480 e. The van der Waals surface area contributed by atoms with Crippen molar-refractivity contribution in [2.24, 2.45) is 5.73 Å². The van der Waals surface area contributed by atoms with Crippen LogP contribution in [0.2, 0.25) is 0 Å². The molecule has 4 rings (SSSR count). The predicted octanol–water partition coefficient (Wildman–Crippen LogP) is 0.952. The number of hydrogen-bond acceptors (Lipinski definition) is 5. The van der Waals surface area contributed by atoms with Crippen molar-refractivity contribution < 1.29 is 24.3 Å². The second-order valence-corrected chi connectivity index (χ2v) is 9.08. The fourth-order valence-corrected chi connectivity index (χ4v) is 4.39. The van der Waals surface area contributed by atoms with Crippen LogP contribution in [0.3, 0.4) is 0 Å². The maximum absolute atomic E-state index is 13.4. The summed E-state index contributed by atoms with van der Waals surface area (Å²) >= 11 is 0. The molecule has 0 spiro atoms. The maximum atomic E-state index is 13.4. The van der Waals surface area contributed by atoms with E-state index >= 15 is 0 Å². The number of fused-ring (bicyclic) bond motifs is 2. The van der Waals surface area contributed by atoms with Gasteiger partial charge in [0.2, 0.25) is 17.7 Å². The number of carboxylic acid groups (broad SMARTS) is 1. The number of hydrogen-bond donors (Lipinski definition) is 7. The quantitative estimate of drug-likeness (QED) is 0.155. The van der Waals surface area contributed by atoms with Crippen molar-refractivity contribution in [1.29, 1.82) is 0 Å². The molecule has 38 heavy (non-hydrogen) atoms. The van der Waals surface area contributed by atoms with E-state index in [2.05, 4.69) is 25.9 Å². The molecule has 2 aromatic heterocycles. The van der Waals surface area contributed by atoms with Gasteiger partial charge in [-0.05, 0) is 30.2 Å². The molecule has 11 nitrogen and oxygen atoms in total. The topological polar surface area (TPSA) is 182 Å². The van der Waals surface area contributed by atoms with E-state index in [0.29, 0.717) is 0 Å². The number of carbonyl (C=O) groups is 4. The summed E-state index contributed by atoms with van der Waals surface area (Å²) in [5, 5.41) is 19.3. The highest BCUT2D eigenvalue weighted by molar-refractivity contribution is 5.94. The highest BCUT2D eigenvalue weighted by Crippen LogP contribution is 2.21. The van der Waals surface area contributed by atoms with Crippen molar-refractivity contribution >= 4 is 45.5 Å². The molecule has 0 saturated carbocycles. The number of aromatic amines is 2. The Kier molecular flexibility index (Phi) is 8.07. The summed E-state index contributed by atoms with van der Waals surface area (Å²) in [6.45, 7) is 1.19. The summed E-state index contributed by atoms with van der Waals surface area (Å²) in [6.07, 6.45) is 3.61. The Morgan fingerprint density at radius 3 is 1.82 bits per heavy atom. The second-order valence-electron chi connectivity index (χ2n) is 9.08. The van der Waals surface area contributed by atoms with Crippen LogP contribution >= 0.6 is 0 Å². The first kappa shape index (κ1) is 26.4. The number of nitrogens with two attached hydrogens (primary N) is 1. The first-order valence-corrected chi connectivity index (χ1v) is 12.2. The van der Waals surface area contributed by atoms with Crippen LogP contribution in [-0.4, -0.2) is 63.4 Å². The van der Waals surface area contributed by atoms with E-state index in [1.165, 1.54) is 6.92 Å².